The number of amides is 1. The van der Waals surface area contributed by atoms with Crippen molar-refractivity contribution < 1.29 is 37.9 Å². The molecule has 9 nitrogen and oxygen atoms in total. The molecule has 10 heteroatoms. The first-order valence-corrected chi connectivity index (χ1v) is 26.4. The average molecular weight is 890 g/mol. The van der Waals surface area contributed by atoms with E-state index in [1.807, 2.05) is 12.2 Å². The van der Waals surface area contributed by atoms with Crippen LogP contribution in [0.5, 0.6) is 0 Å². The number of rotatable bonds is 46. The van der Waals surface area contributed by atoms with Crippen LogP contribution >= 0.6 is 7.82 Å². The zero-order valence-electron chi connectivity index (χ0n) is 39.5. The molecule has 0 radical (unpaired) electrons. The Hall–Kier alpha value is -2.55. The molecule has 0 aromatic rings. The van der Waals surface area contributed by atoms with E-state index in [1.165, 1.54) is 122 Å². The number of aliphatic hydroxyl groups is 1. The first-order chi connectivity index (χ1) is 30.3. The number of carbonyl (C=O) groups is 2. The highest BCUT2D eigenvalue weighted by molar-refractivity contribution is 7.47. The summed E-state index contributed by atoms with van der Waals surface area (Å²) in [5.74, 6) is -0.600. The number of hydrogen-bond acceptors (Lipinski definition) is 7. The molecule has 62 heavy (non-hydrogen) atoms. The molecule has 0 bridgehead atoms. The molecule has 0 spiro atoms. The Morgan fingerprint density at radius 1 is 0.516 bits per heavy atom. The third kappa shape index (κ3) is 48.5. The maximum Gasteiger partial charge on any atom is 0.472 e. The smallest absolute Gasteiger partial charge is 0.463 e. The van der Waals surface area contributed by atoms with Crippen molar-refractivity contribution in [2.75, 3.05) is 26.4 Å². The Balaban J connectivity index is 3.63. The Bertz CT molecular complexity index is 1240. The summed E-state index contributed by atoms with van der Waals surface area (Å²) < 4.78 is 26.9. The van der Waals surface area contributed by atoms with Gasteiger partial charge in [0, 0.05) is 19.4 Å². The summed E-state index contributed by atoms with van der Waals surface area (Å²) in [5, 5.41) is 12.7. The van der Waals surface area contributed by atoms with E-state index in [0.717, 1.165) is 57.8 Å². The van der Waals surface area contributed by atoms with E-state index >= 15 is 0 Å². The Labute approximate surface area is 380 Å². The largest absolute Gasteiger partial charge is 0.472 e. The van der Waals surface area contributed by atoms with Gasteiger partial charge in [0.15, 0.2) is 0 Å². The number of phosphoric ester groups is 1. The van der Waals surface area contributed by atoms with Gasteiger partial charge in [0.1, 0.15) is 12.7 Å². The minimum atomic E-state index is -4.44. The Kier molecular flexibility index (Phi) is 45.9. The second-order valence-corrected chi connectivity index (χ2v) is 17.9. The summed E-state index contributed by atoms with van der Waals surface area (Å²) in [6, 6.07) is 0. The van der Waals surface area contributed by atoms with E-state index in [0.29, 0.717) is 12.8 Å². The number of ether oxygens (including phenoxy) is 1. The van der Waals surface area contributed by atoms with Crippen LogP contribution in [0.25, 0.3) is 0 Å². The first-order valence-electron chi connectivity index (χ1n) is 24.9. The molecular formula is C52H92NO8P. The number of phosphoric acid groups is 1. The normalized spacial score (nSPS) is 13.8. The topological polar surface area (TPSA) is 131 Å². The van der Waals surface area contributed by atoms with E-state index in [-0.39, 0.29) is 32.1 Å². The fourth-order valence-electron chi connectivity index (χ4n) is 6.70. The summed E-state index contributed by atoms with van der Waals surface area (Å²) in [6.45, 7) is 3.37. The highest BCUT2D eigenvalue weighted by Gasteiger charge is 2.23. The molecule has 0 rings (SSSR count). The zero-order chi connectivity index (χ0) is 45.3. The third-order valence-corrected chi connectivity index (χ3v) is 11.4. The molecule has 0 aromatic heterocycles. The number of esters is 1. The van der Waals surface area contributed by atoms with Crippen molar-refractivity contribution in [3.8, 4) is 0 Å². The van der Waals surface area contributed by atoms with Crippen LogP contribution in [0, 0.1) is 0 Å². The van der Waals surface area contributed by atoms with Gasteiger partial charge in [0.2, 0.25) is 5.91 Å². The van der Waals surface area contributed by atoms with Crippen molar-refractivity contribution in [2.45, 2.75) is 219 Å². The molecule has 2 atom stereocenters. The SMILES string of the molecule is CC/C=C\C/C=C\C/C=C\C/C=C\C/C=C\C/C=C\CCC(=O)NCCOP(=O)(O)OCC(O)COC(=O)CCCCCCCCCCCCCCCCCCCCCCCC. The molecule has 0 aliphatic heterocycles. The van der Waals surface area contributed by atoms with Crippen LogP contribution in [0.15, 0.2) is 72.9 Å². The van der Waals surface area contributed by atoms with Crippen LogP contribution in [-0.2, 0) is 27.9 Å². The van der Waals surface area contributed by atoms with Gasteiger partial charge in [-0.15, -0.1) is 0 Å². The van der Waals surface area contributed by atoms with Crippen molar-refractivity contribution in [3.63, 3.8) is 0 Å². The molecule has 0 aromatic carbocycles. The summed E-state index contributed by atoms with van der Waals surface area (Å²) in [6.07, 6.45) is 60.0. The molecular weight excluding hydrogens is 798 g/mol. The first kappa shape index (κ1) is 59.5. The molecule has 1 amide bonds. The van der Waals surface area contributed by atoms with E-state index in [4.69, 9.17) is 13.8 Å². The van der Waals surface area contributed by atoms with Crippen LogP contribution in [0.4, 0.5) is 0 Å². The zero-order valence-corrected chi connectivity index (χ0v) is 40.4. The third-order valence-electron chi connectivity index (χ3n) is 10.4. The van der Waals surface area contributed by atoms with E-state index in [2.05, 4.69) is 79.9 Å². The van der Waals surface area contributed by atoms with Gasteiger partial charge in [0.25, 0.3) is 0 Å². The minimum absolute atomic E-state index is 0.0379. The quantitative estimate of drug-likeness (QED) is 0.0238. The van der Waals surface area contributed by atoms with Gasteiger partial charge < -0.3 is 20.1 Å². The van der Waals surface area contributed by atoms with Crippen molar-refractivity contribution in [2.24, 2.45) is 0 Å². The highest BCUT2D eigenvalue weighted by atomic mass is 31.2. The molecule has 2 unspecified atom stereocenters. The number of unbranched alkanes of at least 4 members (excludes halogenated alkanes) is 21. The van der Waals surface area contributed by atoms with E-state index in [1.54, 1.807) is 0 Å². The summed E-state index contributed by atoms with van der Waals surface area (Å²) in [7, 11) is -4.44. The number of carbonyl (C=O) groups excluding carboxylic acids is 2. The lowest BCUT2D eigenvalue weighted by molar-refractivity contribution is -0.147. The van der Waals surface area contributed by atoms with Gasteiger partial charge in [-0.3, -0.25) is 18.6 Å². The van der Waals surface area contributed by atoms with Gasteiger partial charge >= 0.3 is 13.8 Å². The van der Waals surface area contributed by atoms with Gasteiger partial charge in [0.05, 0.1) is 13.2 Å². The van der Waals surface area contributed by atoms with Crippen LogP contribution in [0.1, 0.15) is 213 Å². The summed E-state index contributed by atoms with van der Waals surface area (Å²) >= 11 is 0. The average Bonchev–Trinajstić information content (AvgIpc) is 3.26. The van der Waals surface area contributed by atoms with Gasteiger partial charge in [-0.1, -0.05) is 222 Å². The number of nitrogens with one attached hydrogen (secondary N) is 1. The standard InChI is InChI=1S/C52H92NO8P/c1-3-5-7-9-11-13-15-17-19-21-23-24-25-27-29-31-33-35-37-39-41-43-45-52(56)59-48-50(54)49-61-62(57,58)60-47-46-53-51(55)44-42-40-38-36-34-32-30-28-26-22-20-18-16-14-12-10-8-6-4-2/h6,8,12,14,18,20,26,28,32,34,38,40,50,54H,3-5,7,9-11,13,15-17,19,21-25,27,29-31,33,35-37,39,41-49H2,1-2H3,(H,53,55)(H,57,58)/b8-6-,14-12-,20-18-,28-26-,34-32-,40-38-. The lowest BCUT2D eigenvalue weighted by Gasteiger charge is -2.15. The number of allylic oxidation sites excluding steroid dienone is 12. The number of aliphatic hydroxyl groups excluding tert-OH is 1. The highest BCUT2D eigenvalue weighted by Crippen LogP contribution is 2.42. The monoisotopic (exact) mass is 890 g/mol. The van der Waals surface area contributed by atoms with Crippen LogP contribution in [0.3, 0.4) is 0 Å². The van der Waals surface area contributed by atoms with Gasteiger partial charge in [-0.05, 0) is 51.4 Å². The molecule has 358 valence electrons. The molecule has 0 saturated heterocycles. The molecule has 0 aliphatic carbocycles. The predicted molar refractivity (Wildman–Crippen MR) is 261 cm³/mol. The fraction of sp³-hybridized carbons (Fsp3) is 0.731. The number of hydrogen-bond donors (Lipinski definition) is 3. The molecule has 0 fully saturated rings. The Morgan fingerprint density at radius 2 is 0.903 bits per heavy atom. The van der Waals surface area contributed by atoms with Crippen molar-refractivity contribution in [1.82, 2.24) is 5.32 Å². The van der Waals surface area contributed by atoms with Crippen molar-refractivity contribution in [1.29, 1.82) is 0 Å². The lowest BCUT2D eigenvalue weighted by Crippen LogP contribution is -2.27. The second kappa shape index (κ2) is 47.9. The molecule has 0 saturated carbocycles. The molecule has 3 N–H and O–H groups in total. The van der Waals surface area contributed by atoms with E-state index < -0.39 is 26.5 Å². The van der Waals surface area contributed by atoms with Gasteiger partial charge in [-0.25, -0.2) is 4.57 Å². The maximum atomic E-state index is 12.1. The molecule has 0 aliphatic rings. The maximum absolute atomic E-state index is 12.1. The predicted octanol–water partition coefficient (Wildman–Crippen LogP) is 14.6. The van der Waals surface area contributed by atoms with Crippen molar-refractivity contribution in [3.05, 3.63) is 72.9 Å². The van der Waals surface area contributed by atoms with Crippen molar-refractivity contribution >= 4 is 19.7 Å². The van der Waals surface area contributed by atoms with Crippen LogP contribution in [0.2, 0.25) is 0 Å². The Morgan fingerprint density at radius 3 is 1.32 bits per heavy atom. The lowest BCUT2D eigenvalue weighted by atomic mass is 10.0. The van der Waals surface area contributed by atoms with Crippen LogP contribution < -0.4 is 5.32 Å². The second-order valence-electron chi connectivity index (χ2n) is 16.4. The minimum Gasteiger partial charge on any atom is -0.463 e. The summed E-state index contributed by atoms with van der Waals surface area (Å²) in [5.41, 5.74) is 0. The summed E-state index contributed by atoms with van der Waals surface area (Å²) in [4.78, 5) is 34.0. The molecule has 0 heterocycles. The van der Waals surface area contributed by atoms with Gasteiger partial charge in [-0.2, -0.15) is 0 Å². The van der Waals surface area contributed by atoms with Crippen LogP contribution in [-0.4, -0.2) is 54.3 Å². The van der Waals surface area contributed by atoms with E-state index in [9.17, 15) is 24.2 Å². The fourth-order valence-corrected chi connectivity index (χ4v) is 7.46.